The van der Waals surface area contributed by atoms with Crippen LogP contribution in [0.2, 0.25) is 0 Å². The molecule has 1 aliphatic heterocycles. The van der Waals surface area contributed by atoms with Crippen LogP contribution in [-0.2, 0) is 9.59 Å². The molecule has 1 amide bonds. The number of benzene rings is 2. The van der Waals surface area contributed by atoms with Crippen molar-refractivity contribution in [1.82, 2.24) is 5.16 Å². The van der Waals surface area contributed by atoms with Gasteiger partial charge in [0, 0.05) is 11.6 Å². The van der Waals surface area contributed by atoms with E-state index >= 15 is 0 Å². The highest BCUT2D eigenvalue weighted by Crippen LogP contribution is 2.42. The molecule has 31 heavy (non-hydrogen) atoms. The molecule has 158 valence electrons. The van der Waals surface area contributed by atoms with Gasteiger partial charge in [0.2, 0.25) is 0 Å². The van der Waals surface area contributed by atoms with Crippen LogP contribution < -0.4 is 4.90 Å². The fourth-order valence-corrected chi connectivity index (χ4v) is 3.68. The molecular weight excluding hydrogens is 399 g/mol. The number of Topliss-reactive ketones (excluding diaryl/α,β-unsaturated/α-hetero) is 1. The van der Waals surface area contributed by atoms with Crippen LogP contribution in [0.4, 0.5) is 10.2 Å². The summed E-state index contributed by atoms with van der Waals surface area (Å²) >= 11 is 0. The summed E-state index contributed by atoms with van der Waals surface area (Å²) in [6.45, 7) is 5.81. The second-order valence-corrected chi connectivity index (χ2v) is 7.79. The molecule has 0 radical (unpaired) electrons. The Labute approximate surface area is 178 Å². The Morgan fingerprint density at radius 3 is 2.29 bits per heavy atom. The number of hydrogen-bond donors (Lipinski definition) is 1. The Morgan fingerprint density at radius 2 is 1.74 bits per heavy atom. The van der Waals surface area contributed by atoms with Crippen LogP contribution in [0.3, 0.4) is 0 Å². The number of amides is 1. The molecule has 0 unspecified atom stereocenters. The van der Waals surface area contributed by atoms with E-state index in [-0.39, 0.29) is 22.7 Å². The Kier molecular flexibility index (Phi) is 5.19. The van der Waals surface area contributed by atoms with E-state index in [9.17, 15) is 19.1 Å². The molecule has 2 heterocycles. The topological polar surface area (TPSA) is 83.6 Å². The standard InChI is InChI=1S/C24H21FN2O4/c1-13(2)15-4-6-16(7-5-15)21-20(22(28)17-8-10-18(25)11-9-17)23(29)24(30)27(21)19-12-14(3)31-26-19/h4-13,21,28H,1-3H3/t21-/m0/s1. The zero-order chi connectivity index (χ0) is 22.3. The minimum atomic E-state index is -0.907. The Bertz CT molecular complexity index is 1180. The highest BCUT2D eigenvalue weighted by atomic mass is 19.1. The molecule has 0 saturated carbocycles. The first-order valence-corrected chi connectivity index (χ1v) is 9.88. The maximum atomic E-state index is 13.4. The summed E-state index contributed by atoms with van der Waals surface area (Å²) in [5.74, 6) is -1.57. The van der Waals surface area contributed by atoms with Crippen molar-refractivity contribution in [3.63, 3.8) is 0 Å². The number of hydrogen-bond acceptors (Lipinski definition) is 5. The largest absolute Gasteiger partial charge is 0.507 e. The number of halogens is 1. The summed E-state index contributed by atoms with van der Waals surface area (Å²) in [7, 11) is 0. The van der Waals surface area contributed by atoms with Crippen molar-refractivity contribution in [1.29, 1.82) is 0 Å². The van der Waals surface area contributed by atoms with Gasteiger partial charge in [-0.2, -0.15) is 0 Å². The first-order chi connectivity index (χ1) is 14.8. The van der Waals surface area contributed by atoms with Gasteiger partial charge >= 0.3 is 5.91 Å². The Hall–Kier alpha value is -3.74. The molecule has 1 N–H and O–H groups in total. The molecule has 4 rings (SSSR count). The van der Waals surface area contributed by atoms with E-state index < -0.39 is 23.5 Å². The van der Waals surface area contributed by atoms with Gasteiger partial charge in [-0.3, -0.25) is 14.5 Å². The molecule has 0 bridgehead atoms. The summed E-state index contributed by atoms with van der Waals surface area (Å²) in [6, 6.07) is 13.2. The number of aromatic nitrogens is 1. The van der Waals surface area contributed by atoms with E-state index in [4.69, 9.17) is 4.52 Å². The zero-order valence-electron chi connectivity index (χ0n) is 17.3. The van der Waals surface area contributed by atoms with Gasteiger partial charge in [0.15, 0.2) is 5.82 Å². The minimum absolute atomic E-state index is 0.0884. The number of carbonyl (C=O) groups excluding carboxylic acids is 2. The molecule has 1 aliphatic rings. The van der Waals surface area contributed by atoms with Crippen molar-refractivity contribution in [2.24, 2.45) is 0 Å². The average molecular weight is 420 g/mol. The molecule has 1 atom stereocenters. The lowest BCUT2D eigenvalue weighted by molar-refractivity contribution is -0.132. The number of aliphatic hydroxyl groups is 1. The van der Waals surface area contributed by atoms with E-state index in [0.29, 0.717) is 17.2 Å². The summed E-state index contributed by atoms with van der Waals surface area (Å²) in [6.07, 6.45) is 0. The number of aryl methyl sites for hydroxylation is 1. The first-order valence-electron chi connectivity index (χ1n) is 9.88. The molecule has 7 heteroatoms. The summed E-state index contributed by atoms with van der Waals surface area (Å²) in [4.78, 5) is 27.2. The van der Waals surface area contributed by atoms with Crippen LogP contribution in [0.25, 0.3) is 5.76 Å². The van der Waals surface area contributed by atoms with E-state index in [1.54, 1.807) is 13.0 Å². The van der Waals surface area contributed by atoms with E-state index in [0.717, 1.165) is 5.56 Å². The van der Waals surface area contributed by atoms with Crippen molar-refractivity contribution >= 4 is 23.3 Å². The lowest BCUT2D eigenvalue weighted by Gasteiger charge is -2.23. The number of nitrogens with zero attached hydrogens (tertiary/aromatic N) is 2. The van der Waals surface area contributed by atoms with Crippen LogP contribution in [-0.4, -0.2) is 22.0 Å². The smallest absolute Gasteiger partial charge is 0.301 e. The number of carbonyl (C=O) groups is 2. The van der Waals surface area contributed by atoms with Crippen LogP contribution in [0.5, 0.6) is 0 Å². The summed E-state index contributed by atoms with van der Waals surface area (Å²) < 4.78 is 18.5. The third-order valence-electron chi connectivity index (χ3n) is 5.34. The molecule has 1 saturated heterocycles. The highest BCUT2D eigenvalue weighted by Gasteiger charge is 2.48. The quantitative estimate of drug-likeness (QED) is 0.370. The Morgan fingerprint density at radius 1 is 1.10 bits per heavy atom. The molecule has 6 nitrogen and oxygen atoms in total. The molecular formula is C24H21FN2O4. The van der Waals surface area contributed by atoms with Crippen molar-refractivity contribution < 1.29 is 23.6 Å². The minimum Gasteiger partial charge on any atom is -0.507 e. The van der Waals surface area contributed by atoms with Crippen molar-refractivity contribution in [2.75, 3.05) is 4.90 Å². The van der Waals surface area contributed by atoms with Crippen molar-refractivity contribution in [3.05, 3.63) is 88.4 Å². The van der Waals surface area contributed by atoms with Gasteiger partial charge in [-0.1, -0.05) is 43.3 Å². The van der Waals surface area contributed by atoms with E-state index in [1.165, 1.54) is 29.2 Å². The third-order valence-corrected chi connectivity index (χ3v) is 5.34. The average Bonchev–Trinajstić information content (AvgIpc) is 3.29. The predicted octanol–water partition coefficient (Wildman–Crippen LogP) is 4.87. The van der Waals surface area contributed by atoms with Crippen LogP contribution in [0.15, 0.2) is 64.7 Å². The third kappa shape index (κ3) is 3.63. The molecule has 0 aliphatic carbocycles. The maximum absolute atomic E-state index is 13.4. The normalized spacial score (nSPS) is 18.2. The molecule has 1 fully saturated rings. The second kappa shape index (κ2) is 7.83. The van der Waals surface area contributed by atoms with Gasteiger partial charge < -0.3 is 9.63 Å². The molecule has 2 aromatic carbocycles. The molecule has 1 aromatic heterocycles. The SMILES string of the molecule is Cc1cc(N2C(=O)C(=O)C(=C(O)c3ccc(F)cc3)[C@@H]2c2ccc(C(C)C)cc2)no1. The van der Waals surface area contributed by atoms with Gasteiger partial charge in [0.1, 0.15) is 17.3 Å². The number of anilines is 1. The van der Waals surface area contributed by atoms with Gasteiger partial charge in [-0.05, 0) is 48.2 Å². The molecule has 0 spiro atoms. The van der Waals surface area contributed by atoms with Crippen molar-refractivity contribution in [3.8, 4) is 0 Å². The fourth-order valence-electron chi connectivity index (χ4n) is 3.68. The van der Waals surface area contributed by atoms with E-state index in [1.807, 2.05) is 24.3 Å². The molecule has 3 aromatic rings. The van der Waals surface area contributed by atoms with Gasteiger partial charge in [0.25, 0.3) is 5.78 Å². The predicted molar refractivity (Wildman–Crippen MR) is 113 cm³/mol. The summed E-state index contributed by atoms with van der Waals surface area (Å²) in [5, 5.41) is 14.9. The Balaban J connectivity index is 1.91. The van der Waals surface area contributed by atoms with Gasteiger partial charge in [0.05, 0.1) is 11.6 Å². The van der Waals surface area contributed by atoms with E-state index in [2.05, 4.69) is 19.0 Å². The lowest BCUT2D eigenvalue weighted by atomic mass is 9.93. The first kappa shape index (κ1) is 20.5. The lowest BCUT2D eigenvalue weighted by Crippen LogP contribution is -2.29. The second-order valence-electron chi connectivity index (χ2n) is 7.79. The zero-order valence-corrected chi connectivity index (χ0v) is 17.3. The maximum Gasteiger partial charge on any atom is 0.301 e. The number of aliphatic hydroxyl groups excluding tert-OH is 1. The van der Waals surface area contributed by atoms with Crippen LogP contribution in [0.1, 0.15) is 48.3 Å². The highest BCUT2D eigenvalue weighted by molar-refractivity contribution is 6.51. The van der Waals surface area contributed by atoms with Crippen LogP contribution in [0, 0.1) is 12.7 Å². The monoisotopic (exact) mass is 420 g/mol. The van der Waals surface area contributed by atoms with Crippen LogP contribution >= 0.6 is 0 Å². The van der Waals surface area contributed by atoms with Gasteiger partial charge in [-0.25, -0.2) is 4.39 Å². The summed E-state index contributed by atoms with van der Waals surface area (Å²) in [5.41, 5.74) is 1.87. The van der Waals surface area contributed by atoms with Crippen molar-refractivity contribution in [2.45, 2.75) is 32.7 Å². The van der Waals surface area contributed by atoms with Gasteiger partial charge in [-0.15, -0.1) is 0 Å². The number of ketones is 1. The fraction of sp³-hybridized carbons (Fsp3) is 0.208. The number of rotatable bonds is 4.